The van der Waals surface area contributed by atoms with Crippen LogP contribution >= 0.6 is 11.6 Å². The van der Waals surface area contributed by atoms with Gasteiger partial charge in [-0.05, 0) is 66.1 Å². The molecular formula is C24H19ClN2O4. The van der Waals surface area contributed by atoms with E-state index < -0.39 is 4.92 Å². The number of halogens is 1. The molecule has 31 heavy (non-hydrogen) atoms. The van der Waals surface area contributed by atoms with Gasteiger partial charge in [-0.15, -0.1) is 0 Å². The highest BCUT2D eigenvalue weighted by atomic mass is 35.5. The minimum absolute atomic E-state index is 0.0270. The van der Waals surface area contributed by atoms with Gasteiger partial charge in [0.2, 0.25) is 0 Å². The molecule has 0 aromatic heterocycles. The molecule has 0 aliphatic rings. The van der Waals surface area contributed by atoms with Gasteiger partial charge in [0.1, 0.15) is 6.61 Å². The third-order valence-electron chi connectivity index (χ3n) is 4.37. The van der Waals surface area contributed by atoms with E-state index in [1.165, 1.54) is 12.1 Å². The van der Waals surface area contributed by atoms with Crippen molar-refractivity contribution in [3.05, 3.63) is 98.6 Å². The summed E-state index contributed by atoms with van der Waals surface area (Å²) in [5.74, 6) is 1.13. The molecule has 0 aliphatic carbocycles. The molecule has 0 radical (unpaired) electrons. The van der Waals surface area contributed by atoms with Crippen molar-refractivity contribution in [1.29, 1.82) is 5.26 Å². The van der Waals surface area contributed by atoms with Gasteiger partial charge in [-0.2, -0.15) is 5.26 Å². The molecule has 6 nitrogen and oxygen atoms in total. The zero-order valence-corrected chi connectivity index (χ0v) is 17.5. The Morgan fingerprint density at radius 1 is 1.10 bits per heavy atom. The highest BCUT2D eigenvalue weighted by molar-refractivity contribution is 6.30. The zero-order valence-electron chi connectivity index (χ0n) is 16.7. The summed E-state index contributed by atoms with van der Waals surface area (Å²) in [6.07, 6.45) is 1.70. The number of nitro benzene ring substituents is 1. The Morgan fingerprint density at radius 2 is 1.87 bits per heavy atom. The number of non-ortho nitro benzene ring substituents is 1. The summed E-state index contributed by atoms with van der Waals surface area (Å²) >= 11 is 6.02. The van der Waals surface area contributed by atoms with Crippen LogP contribution in [-0.4, -0.2) is 11.5 Å². The van der Waals surface area contributed by atoms with Crippen molar-refractivity contribution in [1.82, 2.24) is 0 Å². The summed E-state index contributed by atoms with van der Waals surface area (Å²) in [7, 11) is 0. The fourth-order valence-electron chi connectivity index (χ4n) is 2.90. The van der Waals surface area contributed by atoms with E-state index in [9.17, 15) is 15.4 Å². The lowest BCUT2D eigenvalue weighted by Crippen LogP contribution is -2.00. The SMILES string of the molecule is CCOc1cc(C=C(C#N)c2ccc([N+](=O)[O-])cc2)ccc1OCc1cccc(Cl)c1. The average Bonchev–Trinajstić information content (AvgIpc) is 2.77. The van der Waals surface area contributed by atoms with Crippen LogP contribution in [0.1, 0.15) is 23.6 Å². The van der Waals surface area contributed by atoms with Crippen LogP contribution in [0.3, 0.4) is 0 Å². The standard InChI is InChI=1S/C24H19ClN2O4/c1-2-30-24-14-17(6-11-23(24)31-16-18-4-3-5-21(25)13-18)12-20(15-26)19-7-9-22(10-8-19)27(28)29/h3-14H,2,16H2,1H3. The number of rotatable bonds is 8. The Hall–Kier alpha value is -3.82. The number of allylic oxidation sites excluding steroid dienone is 1. The monoisotopic (exact) mass is 434 g/mol. The second-order valence-electron chi connectivity index (χ2n) is 6.53. The van der Waals surface area contributed by atoms with Gasteiger partial charge in [-0.1, -0.05) is 29.8 Å². The highest BCUT2D eigenvalue weighted by Crippen LogP contribution is 2.31. The van der Waals surface area contributed by atoms with Crippen LogP contribution < -0.4 is 9.47 Å². The van der Waals surface area contributed by atoms with Gasteiger partial charge in [-0.3, -0.25) is 10.1 Å². The normalized spacial score (nSPS) is 10.9. The molecular weight excluding hydrogens is 416 g/mol. The number of hydrogen-bond acceptors (Lipinski definition) is 5. The topological polar surface area (TPSA) is 85.4 Å². The van der Waals surface area contributed by atoms with Gasteiger partial charge in [0.25, 0.3) is 5.69 Å². The van der Waals surface area contributed by atoms with Crippen LogP contribution in [0, 0.1) is 21.4 Å². The third-order valence-corrected chi connectivity index (χ3v) is 4.61. The molecule has 3 rings (SSSR count). The molecule has 0 saturated heterocycles. The van der Waals surface area contributed by atoms with E-state index in [0.29, 0.717) is 40.9 Å². The molecule has 0 amide bonds. The summed E-state index contributed by atoms with van der Waals surface area (Å²) in [5.41, 5.74) is 2.62. The molecule has 3 aromatic rings. The molecule has 0 fully saturated rings. The average molecular weight is 435 g/mol. The fraction of sp³-hybridized carbons (Fsp3) is 0.125. The van der Waals surface area contributed by atoms with Crippen molar-refractivity contribution >= 4 is 28.9 Å². The second kappa shape index (κ2) is 10.3. The molecule has 0 saturated carbocycles. The minimum atomic E-state index is -0.476. The molecule has 0 N–H and O–H groups in total. The lowest BCUT2D eigenvalue weighted by Gasteiger charge is -2.13. The number of nitriles is 1. The molecule has 0 atom stereocenters. The maximum absolute atomic E-state index is 10.8. The van der Waals surface area contributed by atoms with Crippen LogP contribution in [0.2, 0.25) is 5.02 Å². The summed E-state index contributed by atoms with van der Waals surface area (Å²) < 4.78 is 11.6. The van der Waals surface area contributed by atoms with Crippen molar-refractivity contribution in [2.24, 2.45) is 0 Å². The lowest BCUT2D eigenvalue weighted by molar-refractivity contribution is -0.384. The van der Waals surface area contributed by atoms with Crippen LogP contribution in [0.4, 0.5) is 5.69 Å². The quantitative estimate of drug-likeness (QED) is 0.180. The van der Waals surface area contributed by atoms with Crippen molar-refractivity contribution in [2.75, 3.05) is 6.61 Å². The number of ether oxygens (including phenoxy) is 2. The summed E-state index contributed by atoms with van der Waals surface area (Å²) in [6.45, 7) is 2.66. The predicted molar refractivity (Wildman–Crippen MR) is 120 cm³/mol. The zero-order chi connectivity index (χ0) is 22.2. The lowest BCUT2D eigenvalue weighted by atomic mass is 10.0. The molecule has 0 spiro atoms. The first-order valence-corrected chi connectivity index (χ1v) is 9.88. The van der Waals surface area contributed by atoms with Gasteiger partial charge < -0.3 is 9.47 Å². The van der Waals surface area contributed by atoms with Crippen molar-refractivity contribution in [3.8, 4) is 17.6 Å². The smallest absolute Gasteiger partial charge is 0.269 e. The number of nitrogens with zero attached hydrogens (tertiary/aromatic N) is 2. The second-order valence-corrected chi connectivity index (χ2v) is 6.97. The van der Waals surface area contributed by atoms with Crippen molar-refractivity contribution in [3.63, 3.8) is 0 Å². The van der Waals surface area contributed by atoms with Gasteiger partial charge in [0.05, 0.1) is 23.2 Å². The number of nitro groups is 1. The molecule has 0 aliphatic heterocycles. The van der Waals surface area contributed by atoms with Crippen LogP contribution in [0.25, 0.3) is 11.6 Å². The van der Waals surface area contributed by atoms with E-state index in [1.54, 1.807) is 36.4 Å². The Morgan fingerprint density at radius 3 is 2.52 bits per heavy atom. The van der Waals surface area contributed by atoms with E-state index in [1.807, 2.05) is 31.2 Å². The van der Waals surface area contributed by atoms with E-state index in [4.69, 9.17) is 21.1 Å². The maximum atomic E-state index is 10.8. The van der Waals surface area contributed by atoms with Crippen molar-refractivity contribution < 1.29 is 14.4 Å². The van der Waals surface area contributed by atoms with Gasteiger partial charge >= 0.3 is 0 Å². The van der Waals surface area contributed by atoms with Crippen LogP contribution in [0.5, 0.6) is 11.5 Å². The van der Waals surface area contributed by atoms with Gasteiger partial charge in [-0.25, -0.2) is 0 Å². The molecule has 0 bridgehead atoms. The fourth-order valence-corrected chi connectivity index (χ4v) is 3.11. The number of benzene rings is 3. The molecule has 0 heterocycles. The maximum Gasteiger partial charge on any atom is 0.269 e. The Bertz CT molecular complexity index is 1150. The van der Waals surface area contributed by atoms with E-state index in [-0.39, 0.29) is 5.69 Å². The van der Waals surface area contributed by atoms with Gasteiger partial charge in [0, 0.05) is 17.2 Å². The summed E-state index contributed by atoms with van der Waals surface area (Å²) in [6, 6.07) is 20.8. The number of hydrogen-bond donors (Lipinski definition) is 0. The summed E-state index contributed by atoms with van der Waals surface area (Å²) in [4.78, 5) is 10.4. The van der Waals surface area contributed by atoms with Gasteiger partial charge in [0.15, 0.2) is 11.5 Å². The first-order chi connectivity index (χ1) is 15.0. The third kappa shape index (κ3) is 5.84. The molecule has 3 aromatic carbocycles. The van der Waals surface area contributed by atoms with Crippen molar-refractivity contribution in [2.45, 2.75) is 13.5 Å². The highest BCUT2D eigenvalue weighted by Gasteiger charge is 2.10. The summed E-state index contributed by atoms with van der Waals surface area (Å²) in [5, 5.41) is 21.0. The first-order valence-electron chi connectivity index (χ1n) is 9.51. The Labute approximate surface area is 185 Å². The van der Waals surface area contributed by atoms with E-state index in [0.717, 1.165) is 11.1 Å². The minimum Gasteiger partial charge on any atom is -0.490 e. The van der Waals surface area contributed by atoms with Crippen LogP contribution in [-0.2, 0) is 6.61 Å². The first kappa shape index (κ1) is 21.9. The predicted octanol–water partition coefficient (Wildman–Crippen LogP) is 6.29. The van der Waals surface area contributed by atoms with E-state index in [2.05, 4.69) is 6.07 Å². The molecule has 156 valence electrons. The van der Waals surface area contributed by atoms with E-state index >= 15 is 0 Å². The Kier molecular flexibility index (Phi) is 7.26. The Balaban J connectivity index is 1.84. The largest absolute Gasteiger partial charge is 0.490 e. The molecule has 0 unspecified atom stereocenters. The van der Waals surface area contributed by atoms with Crippen LogP contribution in [0.15, 0.2) is 66.7 Å². The molecule has 7 heteroatoms.